The summed E-state index contributed by atoms with van der Waals surface area (Å²) in [6.07, 6.45) is 1.31. The molecule has 1 aliphatic rings. The zero-order valence-electron chi connectivity index (χ0n) is 14.7. The van der Waals surface area contributed by atoms with E-state index >= 15 is 0 Å². The van der Waals surface area contributed by atoms with Gasteiger partial charge >= 0.3 is 0 Å². The van der Waals surface area contributed by atoms with Gasteiger partial charge in [0.15, 0.2) is 5.78 Å². The van der Waals surface area contributed by atoms with E-state index in [4.69, 9.17) is 11.6 Å². The molecule has 4 nitrogen and oxygen atoms in total. The molecule has 136 valence electrons. The Morgan fingerprint density at radius 1 is 0.885 bits per heavy atom. The van der Waals surface area contributed by atoms with E-state index < -0.39 is 0 Å². The van der Waals surface area contributed by atoms with E-state index in [2.05, 4.69) is 4.90 Å². The molecule has 1 fully saturated rings. The number of rotatable bonds is 6. The third kappa shape index (κ3) is 5.16. The van der Waals surface area contributed by atoms with E-state index in [1.807, 2.05) is 35.2 Å². The predicted octanol–water partition coefficient (Wildman–Crippen LogP) is 3.30. The van der Waals surface area contributed by atoms with Crippen LogP contribution in [0.5, 0.6) is 0 Å². The van der Waals surface area contributed by atoms with Crippen LogP contribution < -0.4 is 0 Å². The first kappa shape index (κ1) is 18.6. The lowest BCUT2D eigenvalue weighted by Crippen LogP contribution is -2.49. The lowest BCUT2D eigenvalue weighted by molar-refractivity contribution is -0.132. The molecule has 1 aliphatic heterocycles. The summed E-state index contributed by atoms with van der Waals surface area (Å²) in [7, 11) is 0. The number of halogens is 1. The van der Waals surface area contributed by atoms with Crippen molar-refractivity contribution in [1.82, 2.24) is 9.80 Å². The van der Waals surface area contributed by atoms with E-state index in [1.54, 1.807) is 24.3 Å². The second kappa shape index (κ2) is 8.97. The Bertz CT molecular complexity index is 738. The van der Waals surface area contributed by atoms with Crippen LogP contribution in [0.4, 0.5) is 0 Å². The van der Waals surface area contributed by atoms with Crippen molar-refractivity contribution in [3.8, 4) is 0 Å². The summed E-state index contributed by atoms with van der Waals surface area (Å²) in [5.74, 6) is 0.281. The van der Waals surface area contributed by atoms with Gasteiger partial charge in [0, 0.05) is 43.2 Å². The Hall–Kier alpha value is -2.17. The second-order valence-corrected chi connectivity index (χ2v) is 7.01. The van der Waals surface area contributed by atoms with Gasteiger partial charge in [0.2, 0.25) is 5.91 Å². The van der Waals surface area contributed by atoms with Crippen molar-refractivity contribution in [3.05, 3.63) is 70.7 Å². The molecule has 0 aliphatic carbocycles. The highest BCUT2D eigenvalue weighted by atomic mass is 35.5. The molecule has 2 aromatic rings. The summed E-state index contributed by atoms with van der Waals surface area (Å²) in [6, 6.07) is 17.1. The van der Waals surface area contributed by atoms with Crippen molar-refractivity contribution in [2.45, 2.75) is 12.8 Å². The summed E-state index contributed by atoms with van der Waals surface area (Å²) in [6.45, 7) is 3.21. The number of nitrogens with zero attached hydrogens (tertiary/aromatic N) is 2. The molecule has 2 aromatic carbocycles. The molecular formula is C21H23ClN2O2. The van der Waals surface area contributed by atoms with E-state index in [-0.39, 0.29) is 11.7 Å². The molecule has 0 N–H and O–H groups in total. The Kier molecular flexibility index (Phi) is 6.42. The Morgan fingerprint density at radius 2 is 1.54 bits per heavy atom. The third-order valence-electron chi connectivity index (χ3n) is 4.73. The summed E-state index contributed by atoms with van der Waals surface area (Å²) in [5, 5.41) is 0.629. The number of piperazine rings is 1. The monoisotopic (exact) mass is 370 g/mol. The zero-order valence-corrected chi connectivity index (χ0v) is 15.5. The topological polar surface area (TPSA) is 40.6 Å². The van der Waals surface area contributed by atoms with Crippen LogP contribution in [0.1, 0.15) is 22.3 Å². The fraction of sp³-hybridized carbons (Fsp3) is 0.333. The highest BCUT2D eigenvalue weighted by molar-refractivity contribution is 6.30. The summed E-state index contributed by atoms with van der Waals surface area (Å²) in [5.41, 5.74) is 1.86. The fourth-order valence-electron chi connectivity index (χ4n) is 3.14. The number of ketones is 1. The van der Waals surface area contributed by atoms with Gasteiger partial charge in [0.25, 0.3) is 0 Å². The lowest BCUT2D eigenvalue weighted by atomic mass is 10.1. The summed E-state index contributed by atoms with van der Waals surface area (Å²) < 4.78 is 0. The molecule has 0 bridgehead atoms. The van der Waals surface area contributed by atoms with Crippen molar-refractivity contribution < 1.29 is 9.59 Å². The highest BCUT2D eigenvalue weighted by Gasteiger charge is 2.22. The predicted molar refractivity (Wildman–Crippen MR) is 104 cm³/mol. The number of carbonyl (C=O) groups is 2. The molecule has 1 heterocycles. The molecule has 26 heavy (non-hydrogen) atoms. The zero-order chi connectivity index (χ0) is 18.4. The molecule has 5 heteroatoms. The SMILES string of the molecule is O=C(CN1CCN(C(=O)CCc2ccccc2)CC1)c1ccc(Cl)cc1. The molecule has 0 radical (unpaired) electrons. The maximum Gasteiger partial charge on any atom is 0.222 e. The fourth-order valence-corrected chi connectivity index (χ4v) is 3.27. The van der Waals surface area contributed by atoms with Gasteiger partial charge in [-0.3, -0.25) is 14.5 Å². The Balaban J connectivity index is 1.42. The van der Waals surface area contributed by atoms with Gasteiger partial charge in [-0.15, -0.1) is 0 Å². The average Bonchev–Trinajstić information content (AvgIpc) is 2.68. The highest BCUT2D eigenvalue weighted by Crippen LogP contribution is 2.12. The number of amides is 1. The van der Waals surface area contributed by atoms with Crippen LogP contribution in [0.15, 0.2) is 54.6 Å². The van der Waals surface area contributed by atoms with Crippen LogP contribution in [-0.4, -0.2) is 54.2 Å². The molecule has 0 saturated carbocycles. The van der Waals surface area contributed by atoms with Crippen molar-refractivity contribution >= 4 is 23.3 Å². The molecule has 0 unspecified atom stereocenters. The molecule has 0 spiro atoms. The third-order valence-corrected chi connectivity index (χ3v) is 4.98. The number of hydrogen-bond acceptors (Lipinski definition) is 3. The van der Waals surface area contributed by atoms with Gasteiger partial charge in [-0.1, -0.05) is 41.9 Å². The molecule has 0 atom stereocenters. The van der Waals surface area contributed by atoms with Crippen molar-refractivity contribution in [1.29, 1.82) is 0 Å². The second-order valence-electron chi connectivity index (χ2n) is 6.57. The standard InChI is InChI=1S/C21H23ClN2O2/c22-19-9-7-18(8-10-19)20(25)16-23-12-14-24(15-13-23)21(26)11-6-17-4-2-1-3-5-17/h1-5,7-10H,6,11-16H2. The number of hydrogen-bond donors (Lipinski definition) is 0. The van der Waals surface area contributed by atoms with Crippen LogP contribution in [-0.2, 0) is 11.2 Å². The molecule has 1 saturated heterocycles. The normalized spacial score (nSPS) is 15.0. The summed E-state index contributed by atoms with van der Waals surface area (Å²) >= 11 is 5.86. The first-order chi connectivity index (χ1) is 12.6. The maximum absolute atomic E-state index is 12.4. The first-order valence-electron chi connectivity index (χ1n) is 8.94. The molecule has 0 aromatic heterocycles. The lowest BCUT2D eigenvalue weighted by Gasteiger charge is -2.34. The van der Waals surface area contributed by atoms with Crippen LogP contribution in [0.25, 0.3) is 0 Å². The van der Waals surface area contributed by atoms with Crippen LogP contribution in [0.3, 0.4) is 0 Å². The van der Waals surface area contributed by atoms with E-state index in [9.17, 15) is 9.59 Å². The van der Waals surface area contributed by atoms with Gasteiger partial charge in [-0.2, -0.15) is 0 Å². The number of benzene rings is 2. The van der Waals surface area contributed by atoms with Crippen molar-refractivity contribution in [2.75, 3.05) is 32.7 Å². The smallest absolute Gasteiger partial charge is 0.222 e. The van der Waals surface area contributed by atoms with Gasteiger partial charge in [0.1, 0.15) is 0 Å². The Morgan fingerprint density at radius 3 is 2.19 bits per heavy atom. The maximum atomic E-state index is 12.4. The minimum absolute atomic E-state index is 0.0884. The molecule has 3 rings (SSSR count). The van der Waals surface area contributed by atoms with Gasteiger partial charge in [-0.05, 0) is 36.2 Å². The van der Waals surface area contributed by atoms with Gasteiger partial charge in [0.05, 0.1) is 6.54 Å². The van der Waals surface area contributed by atoms with Gasteiger partial charge < -0.3 is 4.90 Å². The minimum Gasteiger partial charge on any atom is -0.340 e. The van der Waals surface area contributed by atoms with E-state index in [1.165, 1.54) is 5.56 Å². The van der Waals surface area contributed by atoms with Crippen LogP contribution in [0.2, 0.25) is 5.02 Å². The number of aryl methyl sites for hydroxylation is 1. The summed E-state index contributed by atoms with van der Waals surface area (Å²) in [4.78, 5) is 28.7. The van der Waals surface area contributed by atoms with E-state index in [0.717, 1.165) is 19.5 Å². The van der Waals surface area contributed by atoms with Crippen LogP contribution >= 0.6 is 11.6 Å². The van der Waals surface area contributed by atoms with Crippen LogP contribution in [0, 0.1) is 0 Å². The molecule has 1 amide bonds. The van der Waals surface area contributed by atoms with Gasteiger partial charge in [-0.25, -0.2) is 0 Å². The largest absolute Gasteiger partial charge is 0.340 e. The number of Topliss-reactive ketones (excluding diaryl/α,β-unsaturated/α-hetero) is 1. The minimum atomic E-state index is 0.0884. The Labute approximate surface area is 159 Å². The van der Waals surface area contributed by atoms with E-state index in [0.29, 0.717) is 36.6 Å². The molecular weight excluding hydrogens is 348 g/mol. The quantitative estimate of drug-likeness (QED) is 0.732. The first-order valence-corrected chi connectivity index (χ1v) is 9.32. The van der Waals surface area contributed by atoms with Crippen molar-refractivity contribution in [2.24, 2.45) is 0 Å². The van der Waals surface area contributed by atoms with Crippen molar-refractivity contribution in [3.63, 3.8) is 0 Å². The number of carbonyl (C=O) groups excluding carboxylic acids is 2. The average molecular weight is 371 g/mol.